The van der Waals surface area contributed by atoms with Crippen LogP contribution in [0, 0.1) is 0 Å². The number of nitrogens with one attached hydrogen (secondary N) is 1. The van der Waals surface area contributed by atoms with Crippen molar-refractivity contribution in [1.29, 1.82) is 0 Å². The number of amides is 1. The molecule has 0 aliphatic carbocycles. The van der Waals surface area contributed by atoms with E-state index in [0.29, 0.717) is 24.0 Å². The van der Waals surface area contributed by atoms with Crippen LogP contribution < -0.4 is 5.32 Å². The van der Waals surface area contributed by atoms with E-state index in [0.717, 1.165) is 11.3 Å². The fraction of sp³-hybridized carbons (Fsp3) is 0.286. The molecule has 0 aliphatic rings. The summed E-state index contributed by atoms with van der Waals surface area (Å²) in [6.45, 7) is 6.10. The molecular formula is C21H25N3O4S. The normalized spacial score (nSPS) is 13.0. The Morgan fingerprint density at radius 1 is 1.31 bits per heavy atom. The van der Waals surface area contributed by atoms with E-state index in [1.165, 1.54) is 18.4 Å². The quantitative estimate of drug-likeness (QED) is 0.573. The van der Waals surface area contributed by atoms with Crippen LogP contribution >= 0.6 is 0 Å². The molecule has 0 bridgehead atoms. The average molecular weight is 416 g/mol. The van der Waals surface area contributed by atoms with E-state index in [9.17, 15) is 13.2 Å². The summed E-state index contributed by atoms with van der Waals surface area (Å²) >= 11 is 0. The number of benzene rings is 1. The molecule has 1 amide bonds. The highest BCUT2D eigenvalue weighted by Crippen LogP contribution is 2.25. The minimum atomic E-state index is -3.56. The molecule has 8 heteroatoms. The maximum Gasteiger partial charge on any atom is 0.268 e. The van der Waals surface area contributed by atoms with Crippen LogP contribution in [0.1, 0.15) is 23.2 Å². The lowest BCUT2D eigenvalue weighted by Gasteiger charge is -2.14. The Morgan fingerprint density at radius 3 is 2.69 bits per heavy atom. The lowest BCUT2D eigenvalue weighted by Crippen LogP contribution is -2.35. The second-order valence-electron chi connectivity index (χ2n) is 7.09. The van der Waals surface area contributed by atoms with Crippen molar-refractivity contribution in [2.45, 2.75) is 30.8 Å². The molecule has 0 radical (unpaired) electrons. The molecule has 1 aromatic carbocycles. The molecule has 1 atom stereocenters. The van der Waals surface area contributed by atoms with E-state index in [-0.39, 0.29) is 16.8 Å². The maximum atomic E-state index is 12.9. The first-order chi connectivity index (χ1) is 13.7. The van der Waals surface area contributed by atoms with Crippen molar-refractivity contribution in [3.8, 4) is 0 Å². The number of carbonyl (C=O) groups is 1. The summed E-state index contributed by atoms with van der Waals surface area (Å²) in [4.78, 5) is 13.1. The Labute approximate surface area is 170 Å². The third-order valence-electron chi connectivity index (χ3n) is 4.66. The standard InChI is InChI=1S/C21H25N3O4S/c1-5-10-24-19-9-8-18(29(26,27)23(3)4)13-16(19)14-20(24)21(25)22-15(2)12-17-7-6-11-28-17/h5-9,11,13-15H,1,10,12H2,2-4H3,(H,22,25). The summed E-state index contributed by atoms with van der Waals surface area (Å²) in [5.41, 5.74) is 1.22. The Morgan fingerprint density at radius 2 is 2.07 bits per heavy atom. The molecule has 1 N–H and O–H groups in total. The molecule has 154 valence electrons. The Bertz CT molecular complexity index is 1130. The predicted molar refractivity (Wildman–Crippen MR) is 112 cm³/mol. The number of hydrogen-bond donors (Lipinski definition) is 1. The second-order valence-corrected chi connectivity index (χ2v) is 9.25. The summed E-state index contributed by atoms with van der Waals surface area (Å²) in [7, 11) is -0.584. The SMILES string of the molecule is C=CCn1c(C(=O)NC(C)Cc2ccco2)cc2cc(S(=O)(=O)N(C)C)ccc21. The van der Waals surface area contributed by atoms with Gasteiger partial charge in [-0.15, -0.1) is 6.58 Å². The molecule has 0 saturated heterocycles. The van der Waals surface area contributed by atoms with Crippen LogP contribution in [0.2, 0.25) is 0 Å². The molecule has 0 aliphatic heterocycles. The van der Waals surface area contributed by atoms with E-state index in [2.05, 4.69) is 11.9 Å². The largest absolute Gasteiger partial charge is 0.469 e. The highest BCUT2D eigenvalue weighted by Gasteiger charge is 2.21. The monoisotopic (exact) mass is 415 g/mol. The summed E-state index contributed by atoms with van der Waals surface area (Å²) in [5, 5.41) is 3.66. The van der Waals surface area contributed by atoms with Gasteiger partial charge in [-0.3, -0.25) is 4.79 Å². The third-order valence-corrected chi connectivity index (χ3v) is 6.47. The van der Waals surface area contributed by atoms with E-state index < -0.39 is 10.0 Å². The van der Waals surface area contributed by atoms with Crippen LogP contribution in [0.3, 0.4) is 0 Å². The number of hydrogen-bond acceptors (Lipinski definition) is 4. The zero-order valence-corrected chi connectivity index (χ0v) is 17.6. The van der Waals surface area contributed by atoms with Crippen molar-refractivity contribution in [3.05, 3.63) is 66.8 Å². The van der Waals surface area contributed by atoms with Gasteiger partial charge in [0.25, 0.3) is 5.91 Å². The van der Waals surface area contributed by atoms with Gasteiger partial charge in [-0.1, -0.05) is 6.08 Å². The summed E-state index contributed by atoms with van der Waals surface area (Å²) < 4.78 is 33.2. The molecule has 0 saturated carbocycles. The van der Waals surface area contributed by atoms with Crippen LogP contribution in [-0.2, 0) is 23.0 Å². The summed E-state index contributed by atoms with van der Waals surface area (Å²) in [5.74, 6) is 0.557. The van der Waals surface area contributed by atoms with Gasteiger partial charge in [0.2, 0.25) is 10.0 Å². The van der Waals surface area contributed by atoms with Gasteiger partial charge in [-0.05, 0) is 43.3 Å². The molecule has 2 aromatic heterocycles. The van der Waals surface area contributed by atoms with Crippen LogP contribution in [0.4, 0.5) is 0 Å². The van der Waals surface area contributed by atoms with E-state index in [1.54, 1.807) is 36.6 Å². The minimum Gasteiger partial charge on any atom is -0.469 e. The van der Waals surface area contributed by atoms with E-state index in [1.807, 2.05) is 23.6 Å². The van der Waals surface area contributed by atoms with Crippen LogP contribution in [-0.4, -0.2) is 43.3 Å². The molecule has 2 heterocycles. The Hall–Kier alpha value is -2.84. The number of sulfonamides is 1. The maximum absolute atomic E-state index is 12.9. The molecule has 0 spiro atoms. The minimum absolute atomic E-state index is 0.131. The Kier molecular flexibility index (Phi) is 5.95. The molecule has 3 rings (SSSR count). The first-order valence-electron chi connectivity index (χ1n) is 9.24. The first-order valence-corrected chi connectivity index (χ1v) is 10.7. The average Bonchev–Trinajstić information content (AvgIpc) is 3.29. The highest BCUT2D eigenvalue weighted by atomic mass is 32.2. The zero-order chi connectivity index (χ0) is 21.2. The van der Waals surface area contributed by atoms with E-state index in [4.69, 9.17) is 4.42 Å². The number of fused-ring (bicyclic) bond motifs is 1. The Balaban J connectivity index is 1.94. The van der Waals surface area contributed by atoms with Gasteiger partial charge in [0.05, 0.1) is 11.2 Å². The fourth-order valence-electron chi connectivity index (χ4n) is 3.21. The number of aromatic nitrogens is 1. The van der Waals surface area contributed by atoms with Gasteiger partial charge >= 0.3 is 0 Å². The number of rotatable bonds is 8. The van der Waals surface area contributed by atoms with Crippen molar-refractivity contribution in [2.24, 2.45) is 0 Å². The molecule has 0 fully saturated rings. The van der Waals surface area contributed by atoms with Crippen molar-refractivity contribution >= 4 is 26.8 Å². The van der Waals surface area contributed by atoms with Gasteiger partial charge in [0, 0.05) is 44.0 Å². The summed E-state index contributed by atoms with van der Waals surface area (Å²) in [6, 6.07) is 10.1. The fourth-order valence-corrected chi connectivity index (χ4v) is 4.15. The van der Waals surface area contributed by atoms with Crippen molar-refractivity contribution in [3.63, 3.8) is 0 Å². The molecule has 29 heavy (non-hydrogen) atoms. The second kappa shape index (κ2) is 8.26. The topological polar surface area (TPSA) is 84.5 Å². The van der Waals surface area contributed by atoms with Crippen LogP contribution in [0.25, 0.3) is 10.9 Å². The van der Waals surface area contributed by atoms with Crippen molar-refractivity contribution < 1.29 is 17.6 Å². The predicted octanol–water partition coefficient (Wildman–Crippen LogP) is 3.03. The zero-order valence-electron chi connectivity index (χ0n) is 16.8. The third kappa shape index (κ3) is 4.28. The number of furan rings is 1. The molecule has 1 unspecified atom stereocenters. The van der Waals surface area contributed by atoms with Crippen molar-refractivity contribution in [1.82, 2.24) is 14.2 Å². The molecule has 7 nitrogen and oxygen atoms in total. The molecular weight excluding hydrogens is 390 g/mol. The van der Waals surface area contributed by atoms with E-state index >= 15 is 0 Å². The van der Waals surface area contributed by atoms with Gasteiger partial charge in [0.1, 0.15) is 11.5 Å². The first kappa shape index (κ1) is 20.9. The van der Waals surface area contributed by atoms with Gasteiger partial charge in [-0.25, -0.2) is 12.7 Å². The molecule has 3 aromatic rings. The number of nitrogens with zero attached hydrogens (tertiary/aromatic N) is 2. The number of allylic oxidation sites excluding steroid dienone is 1. The van der Waals surface area contributed by atoms with Crippen LogP contribution in [0.5, 0.6) is 0 Å². The van der Waals surface area contributed by atoms with Crippen LogP contribution in [0.15, 0.2) is 64.6 Å². The highest BCUT2D eigenvalue weighted by molar-refractivity contribution is 7.89. The lowest BCUT2D eigenvalue weighted by atomic mass is 10.2. The number of carbonyl (C=O) groups excluding carboxylic acids is 1. The lowest BCUT2D eigenvalue weighted by molar-refractivity contribution is 0.0931. The van der Waals surface area contributed by atoms with Crippen molar-refractivity contribution in [2.75, 3.05) is 14.1 Å². The van der Waals surface area contributed by atoms with Gasteiger partial charge < -0.3 is 14.3 Å². The van der Waals surface area contributed by atoms with Gasteiger partial charge in [-0.2, -0.15) is 0 Å². The van der Waals surface area contributed by atoms with Gasteiger partial charge in [0.15, 0.2) is 0 Å². The summed E-state index contributed by atoms with van der Waals surface area (Å²) in [6.07, 6.45) is 3.88. The smallest absolute Gasteiger partial charge is 0.268 e.